The molecule has 0 saturated carbocycles. The average Bonchev–Trinajstić information content (AvgIpc) is 3.07. The van der Waals surface area contributed by atoms with Crippen molar-refractivity contribution in [2.75, 3.05) is 6.54 Å². The molecule has 1 aromatic heterocycles. The Morgan fingerprint density at radius 1 is 1.15 bits per heavy atom. The molecule has 3 aromatic rings. The summed E-state index contributed by atoms with van der Waals surface area (Å²) in [6.07, 6.45) is 0. The number of nitrogens with zero attached hydrogens (tertiary/aromatic N) is 1. The van der Waals surface area contributed by atoms with Gasteiger partial charge in [-0.2, -0.15) is 0 Å². The molecule has 1 amide bonds. The smallest absolute Gasteiger partial charge is 0.325 e. The van der Waals surface area contributed by atoms with Crippen molar-refractivity contribution in [1.29, 1.82) is 0 Å². The van der Waals surface area contributed by atoms with E-state index in [4.69, 9.17) is 4.74 Å². The predicted octanol–water partition coefficient (Wildman–Crippen LogP) is 3.28. The molecule has 0 fully saturated rings. The highest BCUT2D eigenvalue weighted by atomic mass is 32.1. The van der Waals surface area contributed by atoms with Gasteiger partial charge in [-0.05, 0) is 22.9 Å². The Balaban J connectivity index is 1.53. The molecule has 0 saturated heterocycles. The van der Waals surface area contributed by atoms with Crippen LogP contribution in [0.3, 0.4) is 0 Å². The maximum absolute atomic E-state index is 12.0. The van der Waals surface area contributed by atoms with Gasteiger partial charge in [0.25, 0.3) is 11.6 Å². The van der Waals surface area contributed by atoms with E-state index in [9.17, 15) is 19.7 Å². The van der Waals surface area contributed by atoms with Crippen molar-refractivity contribution in [3.63, 3.8) is 0 Å². The lowest BCUT2D eigenvalue weighted by Crippen LogP contribution is -2.30. The summed E-state index contributed by atoms with van der Waals surface area (Å²) in [5.41, 5.74) is 0.823. The number of hydrogen-bond acceptors (Lipinski definition) is 6. The average molecular weight is 370 g/mol. The van der Waals surface area contributed by atoms with Crippen LogP contribution in [0.15, 0.2) is 53.9 Å². The van der Waals surface area contributed by atoms with Crippen LogP contribution >= 0.6 is 11.3 Å². The molecule has 0 atom stereocenters. The number of nitro benzene ring substituents is 1. The van der Waals surface area contributed by atoms with E-state index in [1.807, 2.05) is 29.6 Å². The summed E-state index contributed by atoms with van der Waals surface area (Å²) in [7, 11) is 0. The van der Waals surface area contributed by atoms with E-state index < -0.39 is 16.8 Å². The van der Waals surface area contributed by atoms with Crippen LogP contribution in [0.2, 0.25) is 0 Å². The molecule has 1 heterocycles. The molecular weight excluding hydrogens is 356 g/mol. The second-order valence-electron chi connectivity index (χ2n) is 5.41. The molecule has 0 radical (unpaired) electrons. The molecule has 26 heavy (non-hydrogen) atoms. The first kappa shape index (κ1) is 17.6. The van der Waals surface area contributed by atoms with E-state index in [0.29, 0.717) is 0 Å². The van der Waals surface area contributed by atoms with Crippen LogP contribution in [0.1, 0.15) is 15.9 Å². The third-order valence-corrected chi connectivity index (χ3v) is 4.67. The van der Waals surface area contributed by atoms with E-state index in [0.717, 1.165) is 21.7 Å². The first-order valence-electron chi connectivity index (χ1n) is 7.68. The normalized spacial score (nSPS) is 10.5. The van der Waals surface area contributed by atoms with Gasteiger partial charge in [-0.15, -0.1) is 11.3 Å². The molecule has 132 valence electrons. The molecule has 1 N–H and O–H groups in total. The van der Waals surface area contributed by atoms with Crippen LogP contribution in [0.25, 0.3) is 10.1 Å². The lowest BCUT2D eigenvalue weighted by Gasteiger charge is -2.06. The van der Waals surface area contributed by atoms with Crippen molar-refractivity contribution >= 4 is 39.0 Å². The molecule has 0 aliphatic heterocycles. The van der Waals surface area contributed by atoms with Gasteiger partial charge in [-0.25, -0.2) is 0 Å². The van der Waals surface area contributed by atoms with Gasteiger partial charge in [0, 0.05) is 28.0 Å². The zero-order valence-electron chi connectivity index (χ0n) is 13.5. The number of fused-ring (bicyclic) bond motifs is 1. The third-order valence-electron chi connectivity index (χ3n) is 3.66. The molecule has 0 aliphatic carbocycles. The predicted molar refractivity (Wildman–Crippen MR) is 97.1 cm³/mol. The maximum Gasteiger partial charge on any atom is 0.325 e. The number of amides is 1. The van der Waals surface area contributed by atoms with E-state index in [1.54, 1.807) is 11.3 Å². The zero-order chi connectivity index (χ0) is 18.5. The van der Waals surface area contributed by atoms with Crippen LogP contribution in [0.4, 0.5) is 5.69 Å². The first-order valence-corrected chi connectivity index (χ1v) is 8.56. The minimum absolute atomic E-state index is 0.107. The summed E-state index contributed by atoms with van der Waals surface area (Å²) < 4.78 is 6.30. The minimum atomic E-state index is -0.587. The second kappa shape index (κ2) is 7.75. The van der Waals surface area contributed by atoms with Crippen molar-refractivity contribution in [1.82, 2.24) is 5.32 Å². The monoisotopic (exact) mass is 370 g/mol. The Hall–Kier alpha value is -3.26. The largest absolute Gasteiger partial charge is 0.459 e. The molecular formula is C18H14N2O5S. The van der Waals surface area contributed by atoms with Gasteiger partial charge in [0.1, 0.15) is 13.2 Å². The number of ether oxygens (including phenoxy) is 1. The van der Waals surface area contributed by atoms with Gasteiger partial charge >= 0.3 is 5.97 Å². The summed E-state index contributed by atoms with van der Waals surface area (Å²) in [5.74, 6) is -1.16. The lowest BCUT2D eigenvalue weighted by molar-refractivity contribution is -0.384. The van der Waals surface area contributed by atoms with Gasteiger partial charge in [0.15, 0.2) is 0 Å². The highest BCUT2D eigenvalue weighted by Gasteiger charge is 2.13. The van der Waals surface area contributed by atoms with Crippen LogP contribution < -0.4 is 5.32 Å². The topological polar surface area (TPSA) is 98.5 Å². The highest BCUT2D eigenvalue weighted by Crippen LogP contribution is 2.26. The van der Waals surface area contributed by atoms with Gasteiger partial charge in [0.05, 0.1) is 4.92 Å². The van der Waals surface area contributed by atoms with Crippen LogP contribution in [0.5, 0.6) is 0 Å². The van der Waals surface area contributed by atoms with Crippen LogP contribution in [-0.2, 0) is 16.1 Å². The number of rotatable bonds is 6. The quantitative estimate of drug-likeness (QED) is 0.408. The fourth-order valence-corrected chi connectivity index (χ4v) is 3.32. The molecule has 7 nitrogen and oxygen atoms in total. The van der Waals surface area contributed by atoms with E-state index in [1.165, 1.54) is 18.2 Å². The number of carbonyl (C=O) groups is 2. The number of nitro groups is 1. The lowest BCUT2D eigenvalue weighted by atomic mass is 10.2. The summed E-state index contributed by atoms with van der Waals surface area (Å²) in [6.45, 7) is -0.195. The Kier molecular flexibility index (Phi) is 5.23. The van der Waals surface area contributed by atoms with Crippen molar-refractivity contribution in [3.05, 3.63) is 75.2 Å². The molecule has 0 aliphatic rings. The van der Waals surface area contributed by atoms with Gasteiger partial charge in [-0.3, -0.25) is 19.7 Å². The number of thiophene rings is 1. The van der Waals surface area contributed by atoms with Crippen molar-refractivity contribution in [3.8, 4) is 0 Å². The molecule has 3 rings (SSSR count). The maximum atomic E-state index is 12.0. The molecule has 0 unspecified atom stereocenters. The fourth-order valence-electron chi connectivity index (χ4n) is 2.37. The van der Waals surface area contributed by atoms with Crippen LogP contribution in [-0.4, -0.2) is 23.3 Å². The van der Waals surface area contributed by atoms with Crippen LogP contribution in [0, 0.1) is 10.1 Å². The van der Waals surface area contributed by atoms with E-state index >= 15 is 0 Å². The molecule has 0 spiro atoms. The molecule has 8 heteroatoms. The first-order chi connectivity index (χ1) is 12.5. The van der Waals surface area contributed by atoms with E-state index in [-0.39, 0.29) is 24.4 Å². The minimum Gasteiger partial charge on any atom is -0.459 e. The number of non-ortho nitro benzene ring substituents is 1. The summed E-state index contributed by atoms with van der Waals surface area (Å²) in [4.78, 5) is 34.0. The van der Waals surface area contributed by atoms with Gasteiger partial charge in [0.2, 0.25) is 0 Å². The number of benzene rings is 2. The van der Waals surface area contributed by atoms with Crippen molar-refractivity contribution in [2.45, 2.75) is 6.61 Å². The Morgan fingerprint density at radius 3 is 2.77 bits per heavy atom. The molecule has 0 bridgehead atoms. The Bertz CT molecular complexity index is 982. The van der Waals surface area contributed by atoms with Crippen molar-refractivity contribution < 1.29 is 19.2 Å². The standard InChI is InChI=1S/C18H14N2O5S/c21-17(25-10-13-11-26-16-7-2-1-6-15(13)16)9-19-18(22)12-4-3-5-14(8-12)20(23)24/h1-8,11H,9-10H2,(H,19,22). The second-order valence-corrected chi connectivity index (χ2v) is 6.32. The van der Waals surface area contributed by atoms with E-state index in [2.05, 4.69) is 5.32 Å². The summed E-state index contributed by atoms with van der Waals surface area (Å²) >= 11 is 1.57. The number of esters is 1. The Morgan fingerprint density at radius 2 is 1.96 bits per heavy atom. The van der Waals surface area contributed by atoms with Gasteiger partial charge in [-0.1, -0.05) is 24.3 Å². The molecule has 2 aromatic carbocycles. The fraction of sp³-hybridized carbons (Fsp3) is 0.111. The SMILES string of the molecule is O=C(CNC(=O)c1cccc([N+](=O)[O-])c1)OCc1csc2ccccc12. The third kappa shape index (κ3) is 4.04. The zero-order valence-corrected chi connectivity index (χ0v) is 14.3. The summed E-state index contributed by atoms with van der Waals surface area (Å²) in [5, 5.41) is 16.1. The Labute approximate surface area is 152 Å². The highest BCUT2D eigenvalue weighted by molar-refractivity contribution is 7.17. The van der Waals surface area contributed by atoms with Crippen molar-refractivity contribution in [2.24, 2.45) is 0 Å². The van der Waals surface area contributed by atoms with Gasteiger partial charge < -0.3 is 10.1 Å². The number of carbonyl (C=O) groups excluding carboxylic acids is 2. The number of hydrogen-bond donors (Lipinski definition) is 1. The number of nitrogens with one attached hydrogen (secondary N) is 1. The summed E-state index contributed by atoms with van der Waals surface area (Å²) in [6, 6.07) is 13.1.